The van der Waals surface area contributed by atoms with E-state index < -0.39 is 15.6 Å². The van der Waals surface area contributed by atoms with E-state index in [-0.39, 0.29) is 6.61 Å². The Morgan fingerprint density at radius 2 is 1.53 bits per heavy atom. The Bertz CT molecular complexity index is 267. The second-order valence-electron chi connectivity index (χ2n) is 3.64. The summed E-state index contributed by atoms with van der Waals surface area (Å²) in [5, 5.41) is 8.39. The van der Waals surface area contributed by atoms with Gasteiger partial charge in [-0.05, 0) is 0 Å². The molecule has 0 bridgehead atoms. The fourth-order valence-electron chi connectivity index (χ4n) is 0.300. The lowest BCUT2D eigenvalue weighted by atomic mass is 10.5. The first-order chi connectivity index (χ1) is 6.31. The molecule has 9 heteroatoms. The molecule has 0 aliphatic rings. The standard InChI is InChI=1S/C5H14NO.CHF3O3S/c1-6(2,3)4-5-7;2-1(3,4)8(5,6)7/h7H,4-5H2,1-3H3;(H,5,6,7)/q+1;/p-1. The van der Waals surface area contributed by atoms with Gasteiger partial charge >= 0.3 is 5.51 Å². The van der Waals surface area contributed by atoms with Gasteiger partial charge in [0.05, 0.1) is 27.7 Å². The van der Waals surface area contributed by atoms with Crippen LogP contribution in [0.25, 0.3) is 0 Å². The number of nitrogens with zero attached hydrogens (tertiary/aromatic N) is 1. The Morgan fingerprint density at radius 3 is 1.53 bits per heavy atom. The Hall–Kier alpha value is -0.380. The van der Waals surface area contributed by atoms with Gasteiger partial charge in [0.2, 0.25) is 0 Å². The molecule has 0 aliphatic carbocycles. The van der Waals surface area contributed by atoms with E-state index in [1.807, 2.05) is 0 Å². The monoisotopic (exact) mass is 253 g/mol. The quantitative estimate of drug-likeness (QED) is 0.418. The van der Waals surface area contributed by atoms with Gasteiger partial charge in [-0.2, -0.15) is 13.2 Å². The summed E-state index contributed by atoms with van der Waals surface area (Å²) in [6, 6.07) is 0. The lowest BCUT2D eigenvalue weighted by molar-refractivity contribution is -0.870. The van der Waals surface area contributed by atoms with E-state index in [2.05, 4.69) is 21.1 Å². The van der Waals surface area contributed by atoms with Crippen LogP contribution in [0.3, 0.4) is 0 Å². The number of likely N-dealkylation sites (N-methyl/N-ethyl adjacent to an activating group) is 1. The molecule has 94 valence electrons. The maximum absolute atomic E-state index is 10.7. The molecule has 0 aliphatic heterocycles. The average molecular weight is 253 g/mol. The van der Waals surface area contributed by atoms with Gasteiger partial charge in [0.1, 0.15) is 6.54 Å². The highest BCUT2D eigenvalue weighted by Crippen LogP contribution is 2.20. The predicted octanol–water partition coefficient (Wildman–Crippen LogP) is -0.264. The van der Waals surface area contributed by atoms with Crippen LogP contribution in [0, 0.1) is 0 Å². The van der Waals surface area contributed by atoms with E-state index in [1.54, 1.807) is 0 Å². The first kappa shape index (κ1) is 17.0. The number of hydrogen-bond acceptors (Lipinski definition) is 4. The number of quaternary nitrogens is 1. The highest BCUT2D eigenvalue weighted by molar-refractivity contribution is 7.86. The molecule has 5 nitrogen and oxygen atoms in total. The van der Waals surface area contributed by atoms with Crippen molar-refractivity contribution in [3.8, 4) is 0 Å². The topological polar surface area (TPSA) is 77.4 Å². The highest BCUT2D eigenvalue weighted by Gasteiger charge is 2.36. The molecule has 0 saturated heterocycles. The summed E-state index contributed by atoms with van der Waals surface area (Å²) in [6.07, 6.45) is 0. The average Bonchev–Trinajstić information content (AvgIpc) is 1.79. The molecule has 1 N–H and O–H groups in total. The molecule has 0 spiro atoms. The smallest absolute Gasteiger partial charge is 0.485 e. The number of aliphatic hydroxyl groups is 1. The van der Waals surface area contributed by atoms with Crippen LogP contribution in [0.5, 0.6) is 0 Å². The van der Waals surface area contributed by atoms with E-state index in [0.29, 0.717) is 0 Å². The second-order valence-corrected chi connectivity index (χ2v) is 5.01. The van der Waals surface area contributed by atoms with Crippen molar-refractivity contribution < 1.29 is 35.7 Å². The van der Waals surface area contributed by atoms with Gasteiger partial charge in [0, 0.05) is 0 Å². The van der Waals surface area contributed by atoms with E-state index in [4.69, 9.17) is 18.1 Å². The largest absolute Gasteiger partial charge is 0.741 e. The zero-order chi connectivity index (χ0) is 12.9. The molecule has 0 radical (unpaired) electrons. The van der Waals surface area contributed by atoms with Crippen molar-refractivity contribution in [1.29, 1.82) is 0 Å². The molecular weight excluding hydrogens is 239 g/mol. The maximum atomic E-state index is 10.7. The van der Waals surface area contributed by atoms with Crippen LogP contribution in [0.2, 0.25) is 0 Å². The molecule has 15 heavy (non-hydrogen) atoms. The van der Waals surface area contributed by atoms with Gasteiger partial charge in [0.25, 0.3) is 0 Å². The van der Waals surface area contributed by atoms with Gasteiger partial charge in [0.15, 0.2) is 10.1 Å². The number of halogens is 3. The lowest BCUT2D eigenvalue weighted by Gasteiger charge is -2.21. The molecule has 0 fully saturated rings. The van der Waals surface area contributed by atoms with Crippen molar-refractivity contribution in [2.75, 3.05) is 34.3 Å². The van der Waals surface area contributed by atoms with Crippen LogP contribution < -0.4 is 0 Å². The third kappa shape index (κ3) is 11.5. The minimum atomic E-state index is -6.09. The number of alkyl halides is 3. The van der Waals surface area contributed by atoms with Crippen LogP contribution in [0.15, 0.2) is 0 Å². The summed E-state index contributed by atoms with van der Waals surface area (Å²) in [5.41, 5.74) is -5.65. The van der Waals surface area contributed by atoms with Crippen molar-refractivity contribution in [3.63, 3.8) is 0 Å². The number of aliphatic hydroxyl groups excluding tert-OH is 1. The summed E-state index contributed by atoms with van der Waals surface area (Å²) >= 11 is 0. The molecule has 0 aromatic rings. The van der Waals surface area contributed by atoms with Crippen LogP contribution in [-0.4, -0.2) is 62.4 Å². The zero-order valence-electron chi connectivity index (χ0n) is 8.58. The third-order valence-electron chi connectivity index (χ3n) is 1.05. The molecule has 0 saturated carbocycles. The Labute approximate surface area is 86.5 Å². The fourth-order valence-corrected chi connectivity index (χ4v) is 0.300. The predicted molar refractivity (Wildman–Crippen MR) is 45.7 cm³/mol. The highest BCUT2D eigenvalue weighted by atomic mass is 32.2. The van der Waals surface area contributed by atoms with Crippen LogP contribution in [-0.2, 0) is 10.1 Å². The Kier molecular flexibility index (Phi) is 6.40. The van der Waals surface area contributed by atoms with Gasteiger partial charge in [-0.1, -0.05) is 0 Å². The summed E-state index contributed by atoms with van der Waals surface area (Å²) in [4.78, 5) is 0. The first-order valence-corrected chi connectivity index (χ1v) is 5.15. The first-order valence-electron chi connectivity index (χ1n) is 3.75. The van der Waals surface area contributed by atoms with Crippen LogP contribution in [0.1, 0.15) is 0 Å². The van der Waals surface area contributed by atoms with Gasteiger partial charge in [-0.25, -0.2) is 8.42 Å². The molecule has 0 aromatic heterocycles. The Morgan fingerprint density at radius 1 is 1.27 bits per heavy atom. The second kappa shape index (κ2) is 5.64. The fraction of sp³-hybridized carbons (Fsp3) is 1.00. The van der Waals surface area contributed by atoms with E-state index >= 15 is 0 Å². The van der Waals surface area contributed by atoms with Crippen LogP contribution >= 0.6 is 0 Å². The zero-order valence-corrected chi connectivity index (χ0v) is 9.39. The molecular formula is C6H14F3NO4S. The van der Waals surface area contributed by atoms with Crippen molar-refractivity contribution in [1.82, 2.24) is 0 Å². The molecule has 0 amide bonds. The summed E-state index contributed by atoms with van der Waals surface area (Å²) in [5.74, 6) is 0. The van der Waals surface area contributed by atoms with Crippen molar-refractivity contribution in [3.05, 3.63) is 0 Å². The van der Waals surface area contributed by atoms with Gasteiger partial charge in [-0.15, -0.1) is 0 Å². The molecule has 0 atom stereocenters. The molecule has 0 heterocycles. The summed E-state index contributed by atoms with van der Waals surface area (Å²) in [7, 11) is 0.0651. The van der Waals surface area contributed by atoms with Gasteiger partial charge in [-0.3, -0.25) is 0 Å². The lowest BCUT2D eigenvalue weighted by Crippen LogP contribution is -2.36. The minimum absolute atomic E-state index is 0.281. The van der Waals surface area contributed by atoms with Crippen molar-refractivity contribution in [2.24, 2.45) is 0 Å². The maximum Gasteiger partial charge on any atom is 0.485 e. The van der Waals surface area contributed by atoms with Crippen molar-refractivity contribution >= 4 is 10.1 Å². The normalized spacial score (nSPS) is 13.1. The SMILES string of the molecule is C[N+](C)(C)CCO.O=S(=O)([O-])C(F)(F)F. The van der Waals surface area contributed by atoms with Crippen molar-refractivity contribution in [2.45, 2.75) is 5.51 Å². The number of hydrogen-bond donors (Lipinski definition) is 1. The van der Waals surface area contributed by atoms with E-state index in [1.165, 1.54) is 0 Å². The molecule has 0 rings (SSSR count). The van der Waals surface area contributed by atoms with E-state index in [9.17, 15) is 13.2 Å². The van der Waals surface area contributed by atoms with E-state index in [0.717, 1.165) is 11.0 Å². The summed E-state index contributed by atoms with van der Waals surface area (Å²) in [6.45, 7) is 1.11. The molecule has 0 unspecified atom stereocenters. The Balaban J connectivity index is 0. The third-order valence-corrected chi connectivity index (χ3v) is 1.62. The minimum Gasteiger partial charge on any atom is -0.741 e. The summed E-state index contributed by atoms with van der Waals surface area (Å²) < 4.78 is 59.7. The van der Waals surface area contributed by atoms with Gasteiger partial charge < -0.3 is 14.1 Å². The molecule has 0 aromatic carbocycles. The van der Waals surface area contributed by atoms with Crippen LogP contribution in [0.4, 0.5) is 13.2 Å². The number of rotatable bonds is 2.